The molecule has 0 aliphatic heterocycles. The van der Waals surface area contributed by atoms with Gasteiger partial charge in [0.25, 0.3) is 0 Å². The molecule has 0 bridgehead atoms. The van der Waals surface area contributed by atoms with Crippen molar-refractivity contribution in [3.05, 3.63) is 28.2 Å². The monoisotopic (exact) mass is 295 g/mol. The molecule has 0 atom stereocenters. The maximum Gasteiger partial charge on any atom is 0.130 e. The van der Waals surface area contributed by atoms with Gasteiger partial charge in [-0.05, 0) is 30.5 Å². The predicted octanol–water partition coefficient (Wildman–Crippen LogP) is 3.89. The van der Waals surface area contributed by atoms with Crippen LogP contribution in [0.15, 0.2) is 22.7 Å². The molecule has 1 N–H and O–H groups in total. The molecule has 92 valence electrons. The van der Waals surface area contributed by atoms with E-state index in [1.54, 1.807) is 0 Å². The lowest BCUT2D eigenvalue weighted by Crippen LogP contribution is -2.31. The lowest BCUT2D eigenvalue weighted by atomic mass is 9.70. The van der Waals surface area contributed by atoms with E-state index in [2.05, 4.69) is 33.4 Å². The smallest absolute Gasteiger partial charge is 0.130 e. The number of rotatable bonds is 3. The van der Waals surface area contributed by atoms with Crippen molar-refractivity contribution in [2.24, 2.45) is 0 Å². The van der Waals surface area contributed by atoms with Crippen LogP contribution < -0.4 is 5.32 Å². The third kappa shape index (κ3) is 2.39. The molecule has 3 heteroatoms. The van der Waals surface area contributed by atoms with Crippen molar-refractivity contribution in [3.63, 3.8) is 0 Å². The molecule has 1 aliphatic carbocycles. The fourth-order valence-electron chi connectivity index (χ4n) is 2.79. The molecule has 1 aliphatic rings. The minimum Gasteiger partial charge on any atom is -0.388 e. The summed E-state index contributed by atoms with van der Waals surface area (Å²) in [5.41, 5.74) is 1.95. The molecule has 0 spiro atoms. The summed E-state index contributed by atoms with van der Waals surface area (Å²) >= 11 is 3.47. The second kappa shape index (κ2) is 5.21. The van der Waals surface area contributed by atoms with Crippen LogP contribution in [0.25, 0.3) is 0 Å². The molecule has 17 heavy (non-hydrogen) atoms. The average molecular weight is 296 g/mol. The molecule has 1 saturated carbocycles. The van der Waals surface area contributed by atoms with E-state index in [9.17, 15) is 4.79 Å². The third-order valence-corrected chi connectivity index (χ3v) is 4.25. The largest absolute Gasteiger partial charge is 0.388 e. The van der Waals surface area contributed by atoms with Gasteiger partial charge in [-0.3, -0.25) is 0 Å². The van der Waals surface area contributed by atoms with Gasteiger partial charge in [-0.2, -0.15) is 0 Å². The number of carbonyl (C=O) groups is 1. The Balaban J connectivity index is 2.45. The maximum absolute atomic E-state index is 11.6. The van der Waals surface area contributed by atoms with E-state index in [4.69, 9.17) is 0 Å². The molecule has 2 rings (SSSR count). The van der Waals surface area contributed by atoms with Gasteiger partial charge in [-0.25, -0.2) is 0 Å². The summed E-state index contributed by atoms with van der Waals surface area (Å²) < 4.78 is 1.04. The van der Waals surface area contributed by atoms with Crippen LogP contribution in [-0.4, -0.2) is 13.3 Å². The summed E-state index contributed by atoms with van der Waals surface area (Å²) in [6, 6.07) is 6.15. The Morgan fingerprint density at radius 3 is 2.59 bits per heavy atom. The first kappa shape index (κ1) is 12.6. The van der Waals surface area contributed by atoms with Crippen LogP contribution in [0, 0.1) is 0 Å². The zero-order valence-corrected chi connectivity index (χ0v) is 11.7. The fourth-order valence-corrected chi connectivity index (χ4v) is 3.15. The Hall–Kier alpha value is -0.830. The van der Waals surface area contributed by atoms with Gasteiger partial charge < -0.3 is 10.1 Å². The highest BCUT2D eigenvalue weighted by molar-refractivity contribution is 9.10. The molecule has 0 saturated heterocycles. The zero-order valence-electron chi connectivity index (χ0n) is 10.1. The summed E-state index contributed by atoms with van der Waals surface area (Å²) in [6.45, 7) is 0. The number of anilines is 1. The average Bonchev–Trinajstić information content (AvgIpc) is 2.39. The Kier molecular flexibility index (Phi) is 3.87. The standard InChI is InChI=1S/C14H18BrNO/c1-16-13-9-11(15)5-6-12(13)14(10-17)7-3-2-4-8-14/h5-6,9-10,16H,2-4,7-8H2,1H3. The van der Waals surface area contributed by atoms with Crippen LogP contribution in [0.1, 0.15) is 37.7 Å². The van der Waals surface area contributed by atoms with Gasteiger partial charge in [-0.15, -0.1) is 0 Å². The van der Waals surface area contributed by atoms with Crippen molar-refractivity contribution >= 4 is 27.9 Å². The first-order valence-corrected chi connectivity index (χ1v) is 6.95. The van der Waals surface area contributed by atoms with E-state index in [0.717, 1.165) is 47.7 Å². The van der Waals surface area contributed by atoms with Gasteiger partial charge >= 0.3 is 0 Å². The molecule has 0 radical (unpaired) electrons. The molecule has 1 aromatic rings. The first-order valence-electron chi connectivity index (χ1n) is 6.16. The number of hydrogen-bond acceptors (Lipinski definition) is 2. The van der Waals surface area contributed by atoms with Crippen molar-refractivity contribution in [3.8, 4) is 0 Å². The highest BCUT2D eigenvalue weighted by atomic mass is 79.9. The third-order valence-electron chi connectivity index (χ3n) is 3.76. The molecule has 1 fully saturated rings. The lowest BCUT2D eigenvalue weighted by Gasteiger charge is -2.34. The number of aldehydes is 1. The maximum atomic E-state index is 11.6. The fraction of sp³-hybridized carbons (Fsp3) is 0.500. The molecule has 1 aromatic carbocycles. The van der Waals surface area contributed by atoms with Crippen molar-refractivity contribution in [2.45, 2.75) is 37.5 Å². The van der Waals surface area contributed by atoms with Crippen molar-refractivity contribution in [2.75, 3.05) is 12.4 Å². The number of benzene rings is 1. The van der Waals surface area contributed by atoms with Gasteiger partial charge in [0, 0.05) is 17.2 Å². The summed E-state index contributed by atoms with van der Waals surface area (Å²) in [6.07, 6.45) is 6.67. The van der Waals surface area contributed by atoms with Crippen molar-refractivity contribution in [1.82, 2.24) is 0 Å². The summed E-state index contributed by atoms with van der Waals surface area (Å²) in [5.74, 6) is 0. The SMILES string of the molecule is CNc1cc(Br)ccc1C1(C=O)CCCCC1. The molecule has 0 unspecified atom stereocenters. The molecule has 2 nitrogen and oxygen atoms in total. The Morgan fingerprint density at radius 1 is 1.29 bits per heavy atom. The summed E-state index contributed by atoms with van der Waals surface area (Å²) in [5, 5.41) is 3.20. The molecule has 0 amide bonds. The number of carbonyl (C=O) groups excluding carboxylic acids is 1. The minimum absolute atomic E-state index is 0.267. The lowest BCUT2D eigenvalue weighted by molar-refractivity contribution is -0.113. The van der Waals surface area contributed by atoms with Gasteiger partial charge in [-0.1, -0.05) is 41.3 Å². The van der Waals surface area contributed by atoms with Crippen LogP contribution in [-0.2, 0) is 10.2 Å². The topological polar surface area (TPSA) is 29.1 Å². The van der Waals surface area contributed by atoms with E-state index in [-0.39, 0.29) is 5.41 Å². The van der Waals surface area contributed by atoms with E-state index in [0.29, 0.717) is 0 Å². The summed E-state index contributed by atoms with van der Waals surface area (Å²) in [4.78, 5) is 11.6. The van der Waals surface area contributed by atoms with E-state index < -0.39 is 0 Å². The molecular weight excluding hydrogens is 278 g/mol. The molecule has 0 aromatic heterocycles. The number of halogens is 1. The van der Waals surface area contributed by atoms with Gasteiger partial charge in [0.15, 0.2) is 0 Å². The van der Waals surface area contributed by atoms with Gasteiger partial charge in [0.1, 0.15) is 6.29 Å². The van der Waals surface area contributed by atoms with Crippen LogP contribution in [0.3, 0.4) is 0 Å². The van der Waals surface area contributed by atoms with Crippen molar-refractivity contribution < 1.29 is 4.79 Å². The van der Waals surface area contributed by atoms with E-state index in [1.807, 2.05) is 13.1 Å². The minimum atomic E-state index is -0.267. The highest BCUT2D eigenvalue weighted by Gasteiger charge is 2.35. The normalized spacial score (nSPS) is 18.7. The van der Waals surface area contributed by atoms with Crippen LogP contribution >= 0.6 is 15.9 Å². The van der Waals surface area contributed by atoms with Gasteiger partial charge in [0.05, 0.1) is 5.41 Å². The highest BCUT2D eigenvalue weighted by Crippen LogP contribution is 2.41. The Labute approximate surface area is 111 Å². The van der Waals surface area contributed by atoms with Gasteiger partial charge in [0.2, 0.25) is 0 Å². The van der Waals surface area contributed by atoms with E-state index >= 15 is 0 Å². The number of hydrogen-bond donors (Lipinski definition) is 1. The zero-order chi connectivity index (χ0) is 12.3. The Bertz CT molecular complexity index is 411. The summed E-state index contributed by atoms with van der Waals surface area (Å²) in [7, 11) is 1.91. The van der Waals surface area contributed by atoms with Crippen LogP contribution in [0.5, 0.6) is 0 Å². The van der Waals surface area contributed by atoms with Crippen LogP contribution in [0.2, 0.25) is 0 Å². The molecule has 0 heterocycles. The quantitative estimate of drug-likeness (QED) is 0.857. The number of nitrogens with one attached hydrogen (secondary N) is 1. The predicted molar refractivity (Wildman–Crippen MR) is 74.5 cm³/mol. The second-order valence-corrected chi connectivity index (χ2v) is 5.69. The first-order chi connectivity index (χ1) is 8.22. The van der Waals surface area contributed by atoms with E-state index in [1.165, 1.54) is 6.42 Å². The Morgan fingerprint density at radius 2 is 2.00 bits per heavy atom. The van der Waals surface area contributed by atoms with Crippen molar-refractivity contribution in [1.29, 1.82) is 0 Å². The second-order valence-electron chi connectivity index (χ2n) is 4.77. The molecular formula is C14H18BrNO. The van der Waals surface area contributed by atoms with Crippen LogP contribution in [0.4, 0.5) is 5.69 Å².